The maximum atomic E-state index is 11.7. The van der Waals surface area contributed by atoms with E-state index in [0.717, 1.165) is 16.8 Å². The van der Waals surface area contributed by atoms with Crippen LogP contribution in [0.25, 0.3) is 6.08 Å². The molecule has 0 aliphatic heterocycles. The molecule has 0 atom stereocenters. The maximum absolute atomic E-state index is 11.7. The van der Waals surface area contributed by atoms with E-state index in [9.17, 15) is 4.79 Å². The zero-order valence-corrected chi connectivity index (χ0v) is 13.4. The van der Waals surface area contributed by atoms with Crippen molar-refractivity contribution in [3.63, 3.8) is 0 Å². The van der Waals surface area contributed by atoms with E-state index in [1.165, 1.54) is 0 Å². The molecule has 1 amide bonds. The number of amides is 1. The highest BCUT2D eigenvalue weighted by Crippen LogP contribution is 2.12. The van der Waals surface area contributed by atoms with Gasteiger partial charge in [-0.25, -0.2) is 5.43 Å². The van der Waals surface area contributed by atoms with E-state index in [4.69, 9.17) is 0 Å². The molecule has 2 rings (SSSR count). The fraction of sp³-hybridized carbons (Fsp3) is 0.158. The van der Waals surface area contributed by atoms with Crippen LogP contribution in [0.2, 0.25) is 0 Å². The molecule has 4 heteroatoms. The molecule has 0 saturated heterocycles. The van der Waals surface area contributed by atoms with Crippen molar-refractivity contribution in [2.75, 3.05) is 19.0 Å². The Morgan fingerprint density at radius 2 is 1.78 bits per heavy atom. The molecule has 23 heavy (non-hydrogen) atoms. The number of hydrogen-bond donors (Lipinski definition) is 1. The first-order valence-corrected chi connectivity index (χ1v) is 7.45. The lowest BCUT2D eigenvalue weighted by Gasteiger charge is -2.11. The highest BCUT2D eigenvalue weighted by atomic mass is 16.2. The second-order valence-corrected chi connectivity index (χ2v) is 5.32. The van der Waals surface area contributed by atoms with Gasteiger partial charge in [0, 0.05) is 26.0 Å². The fourth-order valence-corrected chi connectivity index (χ4v) is 2.01. The second-order valence-electron chi connectivity index (χ2n) is 5.32. The highest BCUT2D eigenvalue weighted by Gasteiger charge is 2.00. The lowest BCUT2D eigenvalue weighted by Crippen LogP contribution is -2.19. The van der Waals surface area contributed by atoms with E-state index >= 15 is 0 Å². The van der Waals surface area contributed by atoms with Crippen LogP contribution in [0.1, 0.15) is 11.1 Å². The Hall–Kier alpha value is -2.88. The van der Waals surface area contributed by atoms with Gasteiger partial charge < -0.3 is 4.90 Å². The number of allylic oxidation sites excluding steroid dienone is 1. The average Bonchev–Trinajstić information content (AvgIpc) is 2.56. The predicted molar refractivity (Wildman–Crippen MR) is 96.6 cm³/mol. The SMILES string of the molecule is CN(C)c1ccc(C=CC=NNC(=O)Cc2ccccc2)cc1. The van der Waals surface area contributed by atoms with E-state index < -0.39 is 0 Å². The number of nitrogens with zero attached hydrogens (tertiary/aromatic N) is 2. The van der Waals surface area contributed by atoms with Gasteiger partial charge in [-0.2, -0.15) is 5.10 Å². The fourth-order valence-electron chi connectivity index (χ4n) is 2.01. The second kappa shape index (κ2) is 8.54. The summed E-state index contributed by atoms with van der Waals surface area (Å²) in [6, 6.07) is 17.8. The zero-order valence-electron chi connectivity index (χ0n) is 13.4. The predicted octanol–water partition coefficient (Wildman–Crippen LogP) is 3.11. The molecular weight excluding hydrogens is 286 g/mol. The molecule has 0 unspecified atom stereocenters. The van der Waals surface area contributed by atoms with Gasteiger partial charge in [-0.05, 0) is 29.3 Å². The van der Waals surface area contributed by atoms with Gasteiger partial charge in [-0.1, -0.05) is 48.5 Å². The van der Waals surface area contributed by atoms with Gasteiger partial charge in [0.05, 0.1) is 6.42 Å². The van der Waals surface area contributed by atoms with E-state index in [1.807, 2.05) is 62.6 Å². The number of rotatable bonds is 6. The Balaban J connectivity index is 1.78. The highest BCUT2D eigenvalue weighted by molar-refractivity contribution is 5.82. The summed E-state index contributed by atoms with van der Waals surface area (Å²) in [6.45, 7) is 0. The third kappa shape index (κ3) is 5.79. The number of benzene rings is 2. The Bertz CT molecular complexity index is 674. The van der Waals surface area contributed by atoms with Crippen LogP contribution in [0.15, 0.2) is 65.8 Å². The molecule has 2 aromatic carbocycles. The quantitative estimate of drug-likeness (QED) is 0.658. The van der Waals surface area contributed by atoms with Crippen molar-refractivity contribution < 1.29 is 4.79 Å². The van der Waals surface area contributed by atoms with Gasteiger partial charge >= 0.3 is 0 Å². The van der Waals surface area contributed by atoms with Crippen molar-refractivity contribution in [2.45, 2.75) is 6.42 Å². The Kier molecular flexibility index (Phi) is 6.12. The van der Waals surface area contributed by atoms with Crippen molar-refractivity contribution in [1.82, 2.24) is 5.43 Å². The Morgan fingerprint density at radius 1 is 1.09 bits per heavy atom. The summed E-state index contributed by atoms with van der Waals surface area (Å²) in [7, 11) is 4.02. The largest absolute Gasteiger partial charge is 0.378 e. The first-order chi connectivity index (χ1) is 11.1. The average molecular weight is 307 g/mol. The lowest BCUT2D eigenvalue weighted by atomic mass is 10.1. The summed E-state index contributed by atoms with van der Waals surface area (Å²) >= 11 is 0. The van der Waals surface area contributed by atoms with E-state index in [2.05, 4.69) is 27.6 Å². The van der Waals surface area contributed by atoms with Crippen LogP contribution in [-0.4, -0.2) is 26.2 Å². The smallest absolute Gasteiger partial charge is 0.244 e. The normalized spacial score (nSPS) is 11.0. The van der Waals surface area contributed by atoms with Crippen molar-refractivity contribution in [1.29, 1.82) is 0 Å². The summed E-state index contributed by atoms with van der Waals surface area (Å²) in [6.07, 6.45) is 5.64. The van der Waals surface area contributed by atoms with Crippen LogP contribution in [0.5, 0.6) is 0 Å². The minimum atomic E-state index is -0.129. The number of carbonyl (C=O) groups is 1. The molecule has 0 bridgehead atoms. The zero-order chi connectivity index (χ0) is 16.5. The van der Waals surface area contributed by atoms with Gasteiger partial charge in [0.2, 0.25) is 5.91 Å². The number of hydrazone groups is 1. The number of anilines is 1. The molecule has 0 aliphatic rings. The van der Waals surface area contributed by atoms with Crippen molar-refractivity contribution in [2.24, 2.45) is 5.10 Å². The van der Waals surface area contributed by atoms with E-state index in [1.54, 1.807) is 12.3 Å². The standard InChI is InChI=1S/C19H21N3O/c1-22(2)18-12-10-16(11-13-18)9-6-14-20-21-19(23)15-17-7-4-3-5-8-17/h3-14H,15H2,1-2H3,(H,21,23). The molecule has 0 fully saturated rings. The maximum Gasteiger partial charge on any atom is 0.244 e. The molecule has 118 valence electrons. The summed E-state index contributed by atoms with van der Waals surface area (Å²) in [5.74, 6) is -0.129. The number of carbonyl (C=O) groups excluding carboxylic acids is 1. The number of hydrogen-bond acceptors (Lipinski definition) is 3. The van der Waals surface area contributed by atoms with Gasteiger partial charge in [-0.3, -0.25) is 4.79 Å². The molecule has 0 aliphatic carbocycles. The molecule has 0 saturated carbocycles. The van der Waals surface area contributed by atoms with Crippen LogP contribution in [-0.2, 0) is 11.2 Å². The minimum absolute atomic E-state index is 0.129. The Morgan fingerprint density at radius 3 is 2.43 bits per heavy atom. The van der Waals surface area contributed by atoms with Gasteiger partial charge in [-0.15, -0.1) is 0 Å². The van der Waals surface area contributed by atoms with Crippen LogP contribution in [0.4, 0.5) is 5.69 Å². The molecule has 0 spiro atoms. The monoisotopic (exact) mass is 307 g/mol. The minimum Gasteiger partial charge on any atom is -0.378 e. The number of nitrogens with one attached hydrogen (secondary N) is 1. The summed E-state index contributed by atoms with van der Waals surface area (Å²) in [5.41, 5.74) is 5.72. The molecule has 0 aromatic heterocycles. The lowest BCUT2D eigenvalue weighted by molar-refractivity contribution is -0.120. The summed E-state index contributed by atoms with van der Waals surface area (Å²) in [4.78, 5) is 13.7. The van der Waals surface area contributed by atoms with Crippen molar-refractivity contribution in [3.05, 3.63) is 71.8 Å². The third-order valence-corrected chi connectivity index (χ3v) is 3.26. The van der Waals surface area contributed by atoms with Gasteiger partial charge in [0.15, 0.2) is 0 Å². The first kappa shape index (κ1) is 16.5. The van der Waals surface area contributed by atoms with Gasteiger partial charge in [0.25, 0.3) is 0 Å². The molecule has 2 aromatic rings. The summed E-state index contributed by atoms with van der Waals surface area (Å²) in [5, 5.41) is 3.91. The van der Waals surface area contributed by atoms with Crippen LogP contribution >= 0.6 is 0 Å². The first-order valence-electron chi connectivity index (χ1n) is 7.45. The molecule has 1 N–H and O–H groups in total. The summed E-state index contributed by atoms with van der Waals surface area (Å²) < 4.78 is 0. The molecule has 0 heterocycles. The van der Waals surface area contributed by atoms with E-state index in [-0.39, 0.29) is 5.91 Å². The van der Waals surface area contributed by atoms with Crippen LogP contribution in [0.3, 0.4) is 0 Å². The van der Waals surface area contributed by atoms with Gasteiger partial charge in [0.1, 0.15) is 0 Å². The molecular formula is C19H21N3O. The molecule has 0 radical (unpaired) electrons. The van der Waals surface area contributed by atoms with Crippen LogP contribution in [0, 0.1) is 0 Å². The van der Waals surface area contributed by atoms with Crippen LogP contribution < -0.4 is 10.3 Å². The Labute approximate surface area is 137 Å². The van der Waals surface area contributed by atoms with E-state index in [0.29, 0.717) is 6.42 Å². The van der Waals surface area contributed by atoms with Crippen molar-refractivity contribution in [3.8, 4) is 0 Å². The third-order valence-electron chi connectivity index (χ3n) is 3.26. The van der Waals surface area contributed by atoms with Crippen molar-refractivity contribution >= 4 is 23.9 Å². The molecule has 4 nitrogen and oxygen atoms in total. The topological polar surface area (TPSA) is 44.7 Å².